The van der Waals surface area contributed by atoms with E-state index in [-0.39, 0.29) is 6.04 Å². The minimum atomic E-state index is 0.286. The molecule has 2 aromatic rings. The molecule has 102 valence electrons. The molecule has 2 rings (SSSR count). The maximum Gasteiger partial charge on any atom is 0.0946 e. The van der Waals surface area contributed by atoms with Crippen LogP contribution in [0.25, 0.3) is 0 Å². The van der Waals surface area contributed by atoms with Crippen LogP contribution < -0.4 is 5.32 Å². The lowest BCUT2D eigenvalue weighted by Gasteiger charge is -2.19. The Balaban J connectivity index is 2.14. The van der Waals surface area contributed by atoms with Gasteiger partial charge in [0.1, 0.15) is 0 Å². The summed E-state index contributed by atoms with van der Waals surface area (Å²) in [4.78, 5) is 4.21. The van der Waals surface area contributed by atoms with Crippen LogP contribution in [0.4, 0.5) is 0 Å². The highest BCUT2D eigenvalue weighted by atomic mass is 35.5. The summed E-state index contributed by atoms with van der Waals surface area (Å²) in [5.41, 5.74) is 2.49. The smallest absolute Gasteiger partial charge is 0.0946 e. The Morgan fingerprint density at radius 2 is 2.05 bits per heavy atom. The van der Waals surface area contributed by atoms with Gasteiger partial charge >= 0.3 is 0 Å². The van der Waals surface area contributed by atoms with Crippen molar-refractivity contribution in [3.8, 4) is 0 Å². The van der Waals surface area contributed by atoms with Crippen molar-refractivity contribution in [1.29, 1.82) is 0 Å². The van der Waals surface area contributed by atoms with Gasteiger partial charge in [0, 0.05) is 18.3 Å². The summed E-state index contributed by atoms with van der Waals surface area (Å²) >= 11 is 5.93. The van der Waals surface area contributed by atoms with Crippen LogP contribution in [0.3, 0.4) is 0 Å². The number of nitrogens with zero attached hydrogens (tertiary/aromatic N) is 2. The first kappa shape index (κ1) is 14.1. The number of aryl methyl sites for hydroxylation is 1. The number of hydrogen-bond acceptors (Lipinski definition) is 2. The second-order valence-corrected chi connectivity index (χ2v) is 5.20. The second-order valence-electron chi connectivity index (χ2n) is 4.77. The maximum atomic E-state index is 5.93. The SMILES string of the molecule is CCCNC(Cc1ccc(Cl)cc1)c1cncn1C. The number of aromatic nitrogens is 2. The Hall–Kier alpha value is -1.32. The zero-order valence-corrected chi connectivity index (χ0v) is 12.2. The van der Waals surface area contributed by atoms with E-state index in [2.05, 4.69) is 33.9 Å². The van der Waals surface area contributed by atoms with E-state index in [4.69, 9.17) is 11.6 Å². The van der Waals surface area contributed by atoms with E-state index in [0.29, 0.717) is 0 Å². The van der Waals surface area contributed by atoms with Crippen LogP contribution in [0.5, 0.6) is 0 Å². The van der Waals surface area contributed by atoms with Gasteiger partial charge in [-0.1, -0.05) is 30.7 Å². The van der Waals surface area contributed by atoms with Gasteiger partial charge in [0.25, 0.3) is 0 Å². The van der Waals surface area contributed by atoms with Gasteiger partial charge in [-0.25, -0.2) is 4.98 Å². The predicted molar refractivity (Wildman–Crippen MR) is 79.4 cm³/mol. The second kappa shape index (κ2) is 6.73. The number of benzene rings is 1. The van der Waals surface area contributed by atoms with E-state index < -0.39 is 0 Å². The first-order valence-electron chi connectivity index (χ1n) is 6.64. The summed E-state index contributed by atoms with van der Waals surface area (Å²) in [6.45, 7) is 3.18. The number of nitrogens with one attached hydrogen (secondary N) is 1. The Morgan fingerprint density at radius 1 is 1.32 bits per heavy atom. The molecule has 0 fully saturated rings. The Bertz CT molecular complexity index is 504. The average Bonchev–Trinajstić information content (AvgIpc) is 2.83. The van der Waals surface area contributed by atoms with E-state index in [1.165, 1.54) is 11.3 Å². The molecule has 4 heteroatoms. The third-order valence-corrected chi connectivity index (χ3v) is 3.46. The summed E-state index contributed by atoms with van der Waals surface area (Å²) in [5, 5.41) is 4.36. The fraction of sp³-hybridized carbons (Fsp3) is 0.400. The molecule has 0 amide bonds. The summed E-state index contributed by atoms with van der Waals surface area (Å²) < 4.78 is 2.07. The molecule has 1 unspecified atom stereocenters. The van der Waals surface area contributed by atoms with Gasteiger partial charge in [-0.2, -0.15) is 0 Å². The monoisotopic (exact) mass is 277 g/mol. The summed E-state index contributed by atoms with van der Waals surface area (Å²) in [5.74, 6) is 0. The highest BCUT2D eigenvalue weighted by Gasteiger charge is 2.14. The molecule has 1 N–H and O–H groups in total. The number of imidazole rings is 1. The average molecular weight is 278 g/mol. The molecule has 1 aromatic heterocycles. The molecule has 1 atom stereocenters. The van der Waals surface area contributed by atoms with Gasteiger partial charge in [0.05, 0.1) is 18.1 Å². The van der Waals surface area contributed by atoms with Crippen molar-refractivity contribution >= 4 is 11.6 Å². The van der Waals surface area contributed by atoms with Gasteiger partial charge < -0.3 is 9.88 Å². The predicted octanol–water partition coefficient (Wildman–Crippen LogP) is 3.36. The van der Waals surface area contributed by atoms with Crippen molar-refractivity contribution in [3.63, 3.8) is 0 Å². The third-order valence-electron chi connectivity index (χ3n) is 3.20. The zero-order chi connectivity index (χ0) is 13.7. The fourth-order valence-electron chi connectivity index (χ4n) is 2.16. The van der Waals surface area contributed by atoms with Crippen molar-refractivity contribution in [2.75, 3.05) is 6.54 Å². The lowest BCUT2D eigenvalue weighted by atomic mass is 10.0. The van der Waals surface area contributed by atoms with E-state index in [9.17, 15) is 0 Å². The van der Waals surface area contributed by atoms with E-state index >= 15 is 0 Å². The summed E-state index contributed by atoms with van der Waals surface area (Å²) in [6.07, 6.45) is 5.84. The van der Waals surface area contributed by atoms with Crippen molar-refractivity contribution in [3.05, 3.63) is 53.1 Å². The molecule has 3 nitrogen and oxygen atoms in total. The van der Waals surface area contributed by atoms with Gasteiger partial charge in [-0.05, 0) is 37.1 Å². The van der Waals surface area contributed by atoms with Gasteiger partial charge in [-0.3, -0.25) is 0 Å². The molecule has 0 aliphatic rings. The Kier molecular flexibility index (Phi) is 5.00. The van der Waals surface area contributed by atoms with Crippen molar-refractivity contribution in [2.24, 2.45) is 7.05 Å². The largest absolute Gasteiger partial charge is 0.336 e. The number of rotatable bonds is 6. The van der Waals surface area contributed by atoms with Crippen LogP contribution in [-0.2, 0) is 13.5 Å². The molecule has 0 aliphatic heterocycles. The van der Waals surface area contributed by atoms with Crippen molar-refractivity contribution in [1.82, 2.24) is 14.9 Å². The lowest BCUT2D eigenvalue weighted by molar-refractivity contribution is 0.504. The van der Waals surface area contributed by atoms with Crippen LogP contribution >= 0.6 is 11.6 Å². The highest BCUT2D eigenvalue weighted by molar-refractivity contribution is 6.30. The zero-order valence-electron chi connectivity index (χ0n) is 11.4. The first-order valence-corrected chi connectivity index (χ1v) is 7.02. The number of halogens is 1. The molecule has 1 heterocycles. The van der Waals surface area contributed by atoms with Gasteiger partial charge in [0.2, 0.25) is 0 Å². The molecule has 0 aliphatic carbocycles. The molecule has 0 spiro atoms. The molecular formula is C15H20ClN3. The minimum Gasteiger partial charge on any atom is -0.336 e. The molecule has 0 saturated carbocycles. The molecule has 0 radical (unpaired) electrons. The minimum absolute atomic E-state index is 0.286. The normalized spacial score (nSPS) is 12.6. The van der Waals surface area contributed by atoms with E-state index in [1.807, 2.05) is 31.7 Å². The summed E-state index contributed by atoms with van der Waals surface area (Å²) in [6, 6.07) is 8.33. The highest BCUT2D eigenvalue weighted by Crippen LogP contribution is 2.19. The fourth-order valence-corrected chi connectivity index (χ4v) is 2.29. The molecule has 19 heavy (non-hydrogen) atoms. The van der Waals surface area contributed by atoms with E-state index in [0.717, 1.165) is 24.4 Å². The van der Waals surface area contributed by atoms with Crippen LogP contribution in [0.2, 0.25) is 5.02 Å². The molecule has 0 saturated heterocycles. The third kappa shape index (κ3) is 3.82. The standard InChI is InChI=1S/C15H20ClN3/c1-3-8-18-14(15-10-17-11-19(15)2)9-12-4-6-13(16)7-5-12/h4-7,10-11,14,18H,3,8-9H2,1-2H3. The molecule has 0 bridgehead atoms. The maximum absolute atomic E-state index is 5.93. The molecular weight excluding hydrogens is 258 g/mol. The number of hydrogen-bond donors (Lipinski definition) is 1. The van der Waals surface area contributed by atoms with Gasteiger partial charge in [-0.15, -0.1) is 0 Å². The quantitative estimate of drug-likeness (QED) is 0.877. The van der Waals surface area contributed by atoms with Crippen molar-refractivity contribution < 1.29 is 0 Å². The summed E-state index contributed by atoms with van der Waals surface area (Å²) in [7, 11) is 2.03. The van der Waals surface area contributed by atoms with E-state index in [1.54, 1.807) is 0 Å². The lowest BCUT2D eigenvalue weighted by Crippen LogP contribution is -2.25. The Morgan fingerprint density at radius 3 is 2.63 bits per heavy atom. The van der Waals surface area contributed by atoms with Crippen LogP contribution in [0, 0.1) is 0 Å². The van der Waals surface area contributed by atoms with Crippen LogP contribution in [0.1, 0.15) is 30.6 Å². The van der Waals surface area contributed by atoms with Crippen LogP contribution in [0.15, 0.2) is 36.8 Å². The topological polar surface area (TPSA) is 29.9 Å². The first-order chi connectivity index (χ1) is 9.20. The van der Waals surface area contributed by atoms with Crippen LogP contribution in [-0.4, -0.2) is 16.1 Å². The van der Waals surface area contributed by atoms with Crippen molar-refractivity contribution in [2.45, 2.75) is 25.8 Å². The Labute approximate surface area is 119 Å². The van der Waals surface area contributed by atoms with Gasteiger partial charge in [0.15, 0.2) is 0 Å². The molecule has 1 aromatic carbocycles.